The molecular weight excluding hydrogens is 324 g/mol. The minimum absolute atomic E-state index is 0.239. The van der Waals surface area contributed by atoms with Crippen molar-refractivity contribution in [3.63, 3.8) is 0 Å². The van der Waals surface area contributed by atoms with Crippen molar-refractivity contribution in [2.45, 2.75) is 77.7 Å². The number of unbranched alkanes of at least 4 members (excludes halogenated alkanes) is 2. The summed E-state index contributed by atoms with van der Waals surface area (Å²) in [6.45, 7) is 13.1. The van der Waals surface area contributed by atoms with E-state index in [0.717, 1.165) is 45.1 Å². The summed E-state index contributed by atoms with van der Waals surface area (Å²) in [5.74, 6) is 0.943. The normalized spacial score (nSPS) is 21.8. The molecule has 0 aromatic rings. The fourth-order valence-corrected chi connectivity index (χ4v) is 4.28. The number of aliphatic imine (C=N–C) groups is 1. The number of nitrogens with zero attached hydrogens (tertiary/aromatic N) is 2. The quantitative estimate of drug-likeness (QED) is 0.373. The number of hydrogen-bond donors (Lipinski definition) is 2. The van der Waals surface area contributed by atoms with Gasteiger partial charge in [-0.3, -0.25) is 9.89 Å². The van der Waals surface area contributed by atoms with Gasteiger partial charge in [0.25, 0.3) is 0 Å². The Morgan fingerprint density at radius 1 is 1.12 bits per heavy atom. The van der Waals surface area contributed by atoms with Gasteiger partial charge >= 0.3 is 0 Å². The van der Waals surface area contributed by atoms with Crippen molar-refractivity contribution in [1.82, 2.24) is 15.5 Å². The summed E-state index contributed by atoms with van der Waals surface area (Å²) in [5.41, 5.74) is 0.543. The predicted molar refractivity (Wildman–Crippen MR) is 111 cm³/mol. The largest absolute Gasteiger partial charge is 0.381 e. The Kier molecular flexibility index (Phi) is 8.68. The minimum atomic E-state index is 0.239. The van der Waals surface area contributed by atoms with Crippen LogP contribution in [0.25, 0.3) is 0 Å². The van der Waals surface area contributed by atoms with E-state index >= 15 is 0 Å². The highest BCUT2D eigenvalue weighted by atomic mass is 16.5. The van der Waals surface area contributed by atoms with Crippen LogP contribution in [-0.4, -0.2) is 62.8 Å². The molecule has 0 aliphatic carbocycles. The Balaban J connectivity index is 1.84. The molecule has 0 aromatic heterocycles. The van der Waals surface area contributed by atoms with E-state index in [1.807, 2.05) is 7.05 Å². The van der Waals surface area contributed by atoms with Gasteiger partial charge < -0.3 is 15.4 Å². The van der Waals surface area contributed by atoms with Gasteiger partial charge in [0, 0.05) is 38.9 Å². The minimum Gasteiger partial charge on any atom is -0.381 e. The average Bonchev–Trinajstić information content (AvgIpc) is 3.18. The number of guanidine groups is 1. The molecule has 152 valence electrons. The molecule has 0 amide bonds. The first-order valence-corrected chi connectivity index (χ1v) is 10.8. The molecule has 2 N–H and O–H groups in total. The lowest BCUT2D eigenvalue weighted by molar-refractivity contribution is -0.0164. The number of rotatable bonds is 9. The Morgan fingerprint density at radius 3 is 2.42 bits per heavy atom. The number of hydrogen-bond acceptors (Lipinski definition) is 3. The zero-order chi connectivity index (χ0) is 18.9. The summed E-state index contributed by atoms with van der Waals surface area (Å²) < 4.78 is 5.66. The fraction of sp³-hybridized carbons (Fsp3) is 0.952. The van der Waals surface area contributed by atoms with Gasteiger partial charge in [-0.15, -0.1) is 0 Å². The first kappa shape index (κ1) is 21.5. The van der Waals surface area contributed by atoms with Crippen LogP contribution in [0.15, 0.2) is 4.99 Å². The summed E-state index contributed by atoms with van der Waals surface area (Å²) in [7, 11) is 1.88. The molecule has 2 rings (SSSR count). The molecule has 0 radical (unpaired) electrons. The second-order valence-corrected chi connectivity index (χ2v) is 8.93. The molecule has 0 saturated carbocycles. The first-order valence-electron chi connectivity index (χ1n) is 10.8. The molecule has 5 heteroatoms. The van der Waals surface area contributed by atoms with E-state index < -0.39 is 0 Å². The van der Waals surface area contributed by atoms with E-state index in [-0.39, 0.29) is 5.54 Å². The van der Waals surface area contributed by atoms with Gasteiger partial charge in [0.15, 0.2) is 5.96 Å². The van der Waals surface area contributed by atoms with Crippen LogP contribution in [0.5, 0.6) is 0 Å². The van der Waals surface area contributed by atoms with E-state index in [4.69, 9.17) is 4.74 Å². The van der Waals surface area contributed by atoms with E-state index in [2.05, 4.69) is 41.3 Å². The average molecular weight is 367 g/mol. The van der Waals surface area contributed by atoms with E-state index in [1.165, 1.54) is 51.6 Å². The SMILES string of the molecule is CCCCCC(C)(C)CNC(=NC)NCC1(N2CCCC2)CCOCC1. The Bertz CT molecular complexity index is 424. The molecule has 26 heavy (non-hydrogen) atoms. The number of ether oxygens (including phenoxy) is 1. The summed E-state index contributed by atoms with van der Waals surface area (Å²) in [5, 5.41) is 7.21. The van der Waals surface area contributed by atoms with Crippen LogP contribution in [0.3, 0.4) is 0 Å². The maximum absolute atomic E-state index is 5.66. The monoisotopic (exact) mass is 366 g/mol. The Hall–Kier alpha value is -0.810. The summed E-state index contributed by atoms with van der Waals surface area (Å²) in [4.78, 5) is 7.17. The summed E-state index contributed by atoms with van der Waals surface area (Å²) in [6, 6.07) is 0. The number of likely N-dealkylation sites (tertiary alicyclic amines) is 1. The highest BCUT2D eigenvalue weighted by molar-refractivity contribution is 5.79. The standard InChI is InChI=1S/C21H42N4O/c1-5-6-7-10-20(2,3)17-23-19(22-4)24-18-21(11-15-26-16-12-21)25-13-8-9-14-25/h5-18H2,1-4H3,(H2,22,23,24). The van der Waals surface area contributed by atoms with Crippen LogP contribution in [0.4, 0.5) is 0 Å². The van der Waals surface area contributed by atoms with Gasteiger partial charge in [-0.25, -0.2) is 0 Å². The molecule has 0 unspecified atom stereocenters. The second-order valence-electron chi connectivity index (χ2n) is 8.93. The van der Waals surface area contributed by atoms with Crippen molar-refractivity contribution >= 4 is 5.96 Å². The van der Waals surface area contributed by atoms with E-state index in [0.29, 0.717) is 5.41 Å². The van der Waals surface area contributed by atoms with Crippen LogP contribution >= 0.6 is 0 Å². The molecule has 2 heterocycles. The lowest BCUT2D eigenvalue weighted by Gasteiger charge is -2.45. The molecule has 2 aliphatic rings. The molecule has 5 nitrogen and oxygen atoms in total. The Morgan fingerprint density at radius 2 is 1.81 bits per heavy atom. The van der Waals surface area contributed by atoms with Gasteiger partial charge in [-0.05, 0) is 50.6 Å². The topological polar surface area (TPSA) is 48.9 Å². The molecule has 2 fully saturated rings. The van der Waals surface area contributed by atoms with Crippen molar-refractivity contribution < 1.29 is 4.74 Å². The molecule has 0 spiro atoms. The summed E-state index contributed by atoms with van der Waals surface area (Å²) >= 11 is 0. The molecular formula is C21H42N4O. The predicted octanol–water partition coefficient (Wildman–Crippen LogP) is 3.40. The van der Waals surface area contributed by atoms with Gasteiger partial charge in [-0.1, -0.05) is 40.0 Å². The maximum Gasteiger partial charge on any atom is 0.191 e. The third-order valence-corrected chi connectivity index (χ3v) is 6.20. The van der Waals surface area contributed by atoms with Crippen molar-refractivity contribution in [3.8, 4) is 0 Å². The zero-order valence-electron chi connectivity index (χ0n) is 17.7. The van der Waals surface area contributed by atoms with Gasteiger partial charge in [-0.2, -0.15) is 0 Å². The molecule has 0 bridgehead atoms. The second kappa shape index (κ2) is 10.5. The van der Waals surface area contributed by atoms with E-state index in [9.17, 15) is 0 Å². The van der Waals surface area contributed by atoms with Crippen LogP contribution in [-0.2, 0) is 4.74 Å². The Labute approximate surface area is 161 Å². The third kappa shape index (κ3) is 6.41. The van der Waals surface area contributed by atoms with Crippen molar-refractivity contribution in [2.24, 2.45) is 10.4 Å². The van der Waals surface area contributed by atoms with Crippen LogP contribution in [0.1, 0.15) is 72.1 Å². The van der Waals surface area contributed by atoms with Gasteiger partial charge in [0.1, 0.15) is 0 Å². The van der Waals surface area contributed by atoms with E-state index in [1.54, 1.807) is 0 Å². The van der Waals surface area contributed by atoms with Gasteiger partial charge in [0.2, 0.25) is 0 Å². The molecule has 0 atom stereocenters. The van der Waals surface area contributed by atoms with Crippen molar-refractivity contribution in [2.75, 3.05) is 46.4 Å². The fourth-order valence-electron chi connectivity index (χ4n) is 4.28. The lowest BCUT2D eigenvalue weighted by atomic mass is 9.87. The van der Waals surface area contributed by atoms with Gasteiger partial charge in [0.05, 0.1) is 0 Å². The maximum atomic E-state index is 5.66. The first-order chi connectivity index (χ1) is 12.5. The number of nitrogens with one attached hydrogen (secondary N) is 2. The van der Waals surface area contributed by atoms with Crippen LogP contribution < -0.4 is 10.6 Å². The lowest BCUT2D eigenvalue weighted by Crippen LogP contribution is -2.58. The van der Waals surface area contributed by atoms with Crippen molar-refractivity contribution in [1.29, 1.82) is 0 Å². The highest BCUT2D eigenvalue weighted by Gasteiger charge is 2.39. The highest BCUT2D eigenvalue weighted by Crippen LogP contribution is 2.30. The third-order valence-electron chi connectivity index (χ3n) is 6.20. The molecule has 2 aliphatic heterocycles. The molecule has 0 aromatic carbocycles. The van der Waals surface area contributed by atoms with Crippen molar-refractivity contribution in [3.05, 3.63) is 0 Å². The molecule has 2 saturated heterocycles. The van der Waals surface area contributed by atoms with Crippen LogP contribution in [0.2, 0.25) is 0 Å². The smallest absolute Gasteiger partial charge is 0.191 e. The van der Waals surface area contributed by atoms with Crippen LogP contribution in [0, 0.1) is 5.41 Å². The summed E-state index contributed by atoms with van der Waals surface area (Å²) in [6.07, 6.45) is 10.1. The zero-order valence-corrected chi connectivity index (χ0v) is 17.7.